The fourth-order valence-electron chi connectivity index (χ4n) is 1.55. The van der Waals surface area contributed by atoms with Crippen LogP contribution in [0.2, 0.25) is 0 Å². The molecule has 5 heteroatoms. The highest BCUT2D eigenvalue weighted by atomic mass is 16.5. The molecule has 90 valence electrons. The van der Waals surface area contributed by atoms with Crippen LogP contribution in [0.4, 0.5) is 0 Å². The molecule has 0 saturated heterocycles. The Morgan fingerprint density at radius 2 is 2.29 bits per heavy atom. The van der Waals surface area contributed by atoms with E-state index in [2.05, 4.69) is 14.7 Å². The Hall–Kier alpha value is -1.88. The molecule has 0 aliphatic rings. The van der Waals surface area contributed by atoms with E-state index in [-0.39, 0.29) is 12.6 Å². The fourth-order valence-corrected chi connectivity index (χ4v) is 1.55. The van der Waals surface area contributed by atoms with Gasteiger partial charge in [-0.25, -0.2) is 0 Å². The lowest BCUT2D eigenvalue weighted by atomic mass is 10.1. The Morgan fingerprint density at radius 3 is 2.94 bits per heavy atom. The lowest BCUT2D eigenvalue weighted by Crippen LogP contribution is -2.08. The molecule has 0 aliphatic carbocycles. The number of hydrogen-bond acceptors (Lipinski definition) is 5. The number of aryl methyl sites for hydroxylation is 1. The van der Waals surface area contributed by atoms with Crippen molar-refractivity contribution in [3.05, 3.63) is 41.5 Å². The second kappa shape index (κ2) is 4.97. The molecular weight excluding hydrogens is 218 g/mol. The molecule has 2 rings (SSSR count). The first-order valence-corrected chi connectivity index (χ1v) is 5.41. The first kappa shape index (κ1) is 11.6. The summed E-state index contributed by atoms with van der Waals surface area (Å²) in [5.74, 6) is 1.27. The van der Waals surface area contributed by atoms with Crippen molar-refractivity contribution in [2.75, 3.05) is 0 Å². The SMILES string of the molecule is Cc1ccc(OCc2ncon2)c([C@@H](C)N)c1. The maximum Gasteiger partial charge on any atom is 0.213 e. The second-order valence-electron chi connectivity index (χ2n) is 3.97. The molecule has 0 bridgehead atoms. The van der Waals surface area contributed by atoms with Gasteiger partial charge in [0.2, 0.25) is 12.2 Å². The Bertz CT molecular complexity index is 481. The van der Waals surface area contributed by atoms with Crippen molar-refractivity contribution in [2.45, 2.75) is 26.5 Å². The van der Waals surface area contributed by atoms with E-state index in [4.69, 9.17) is 10.5 Å². The minimum absolute atomic E-state index is 0.0739. The number of rotatable bonds is 4. The summed E-state index contributed by atoms with van der Waals surface area (Å²) in [7, 11) is 0. The molecule has 5 nitrogen and oxygen atoms in total. The predicted octanol–water partition coefficient (Wildman–Crippen LogP) is 1.98. The number of aromatic nitrogens is 2. The zero-order valence-electron chi connectivity index (χ0n) is 9.88. The van der Waals surface area contributed by atoms with Crippen molar-refractivity contribution in [3.8, 4) is 5.75 Å². The highest BCUT2D eigenvalue weighted by Crippen LogP contribution is 2.25. The summed E-state index contributed by atoms with van der Waals surface area (Å²) >= 11 is 0. The fraction of sp³-hybridized carbons (Fsp3) is 0.333. The molecule has 1 heterocycles. The van der Waals surface area contributed by atoms with Gasteiger partial charge in [0.25, 0.3) is 0 Å². The van der Waals surface area contributed by atoms with Crippen molar-refractivity contribution in [1.29, 1.82) is 0 Å². The van der Waals surface area contributed by atoms with Crippen LogP contribution >= 0.6 is 0 Å². The average Bonchev–Trinajstić information content (AvgIpc) is 2.80. The van der Waals surface area contributed by atoms with Crippen LogP contribution in [-0.2, 0) is 6.61 Å². The van der Waals surface area contributed by atoms with Crippen LogP contribution in [0.3, 0.4) is 0 Å². The Morgan fingerprint density at radius 1 is 1.47 bits per heavy atom. The molecular formula is C12H15N3O2. The van der Waals surface area contributed by atoms with Gasteiger partial charge in [-0.3, -0.25) is 0 Å². The Labute approximate surface area is 99.6 Å². The first-order valence-electron chi connectivity index (χ1n) is 5.41. The maximum atomic E-state index is 5.90. The number of benzene rings is 1. The van der Waals surface area contributed by atoms with Crippen molar-refractivity contribution >= 4 is 0 Å². The van der Waals surface area contributed by atoms with Crippen LogP contribution in [-0.4, -0.2) is 10.1 Å². The third kappa shape index (κ3) is 2.82. The number of nitrogens with two attached hydrogens (primary N) is 1. The van der Waals surface area contributed by atoms with Crippen LogP contribution in [0, 0.1) is 6.92 Å². The molecule has 0 unspecified atom stereocenters. The quantitative estimate of drug-likeness (QED) is 0.873. The normalized spacial score (nSPS) is 12.4. The van der Waals surface area contributed by atoms with Gasteiger partial charge in [0.05, 0.1) is 0 Å². The van der Waals surface area contributed by atoms with Gasteiger partial charge in [-0.2, -0.15) is 4.98 Å². The Balaban J connectivity index is 2.14. The molecule has 0 aliphatic heterocycles. The van der Waals surface area contributed by atoms with Gasteiger partial charge in [-0.1, -0.05) is 22.9 Å². The molecule has 0 radical (unpaired) electrons. The molecule has 2 N–H and O–H groups in total. The molecule has 0 spiro atoms. The van der Waals surface area contributed by atoms with Gasteiger partial charge in [0.15, 0.2) is 6.61 Å². The third-order valence-electron chi connectivity index (χ3n) is 2.42. The highest BCUT2D eigenvalue weighted by molar-refractivity contribution is 5.38. The monoisotopic (exact) mass is 233 g/mol. The van der Waals surface area contributed by atoms with Crippen LogP contribution in [0.1, 0.15) is 29.9 Å². The molecule has 2 aromatic rings. The van der Waals surface area contributed by atoms with E-state index in [0.717, 1.165) is 16.9 Å². The standard InChI is InChI=1S/C12H15N3O2/c1-8-3-4-11(10(5-8)9(2)13)16-6-12-14-7-17-15-12/h3-5,7,9H,6,13H2,1-2H3/t9-/m1/s1. The Kier molecular flexibility index (Phi) is 3.39. The summed E-state index contributed by atoms with van der Waals surface area (Å²) in [5.41, 5.74) is 8.04. The van der Waals surface area contributed by atoms with Gasteiger partial charge < -0.3 is 15.0 Å². The largest absolute Gasteiger partial charge is 0.485 e. The van der Waals surface area contributed by atoms with Crippen molar-refractivity contribution < 1.29 is 9.26 Å². The van der Waals surface area contributed by atoms with Crippen LogP contribution in [0.25, 0.3) is 0 Å². The van der Waals surface area contributed by atoms with E-state index >= 15 is 0 Å². The van der Waals surface area contributed by atoms with E-state index in [1.54, 1.807) is 0 Å². The molecule has 17 heavy (non-hydrogen) atoms. The van der Waals surface area contributed by atoms with Crippen molar-refractivity contribution in [3.63, 3.8) is 0 Å². The summed E-state index contributed by atoms with van der Waals surface area (Å²) in [6.45, 7) is 4.23. The minimum Gasteiger partial charge on any atom is -0.485 e. The zero-order chi connectivity index (χ0) is 12.3. The minimum atomic E-state index is -0.0739. The van der Waals surface area contributed by atoms with Gasteiger partial charge in [0.1, 0.15) is 5.75 Å². The second-order valence-corrected chi connectivity index (χ2v) is 3.97. The van der Waals surface area contributed by atoms with Gasteiger partial charge >= 0.3 is 0 Å². The smallest absolute Gasteiger partial charge is 0.213 e. The summed E-state index contributed by atoms with van der Waals surface area (Å²) in [6, 6.07) is 5.84. The zero-order valence-corrected chi connectivity index (χ0v) is 9.88. The van der Waals surface area contributed by atoms with E-state index in [1.807, 2.05) is 32.0 Å². The summed E-state index contributed by atoms with van der Waals surface area (Å²) in [5, 5.41) is 3.68. The first-order chi connectivity index (χ1) is 8.16. The van der Waals surface area contributed by atoms with Crippen LogP contribution in [0.5, 0.6) is 5.75 Å². The van der Waals surface area contributed by atoms with Crippen molar-refractivity contribution in [2.24, 2.45) is 5.73 Å². The number of ether oxygens (including phenoxy) is 1. The van der Waals surface area contributed by atoms with Crippen LogP contribution < -0.4 is 10.5 Å². The molecule has 0 amide bonds. The van der Waals surface area contributed by atoms with E-state index in [9.17, 15) is 0 Å². The third-order valence-corrected chi connectivity index (χ3v) is 2.42. The highest BCUT2D eigenvalue weighted by Gasteiger charge is 2.09. The molecule has 0 saturated carbocycles. The lowest BCUT2D eigenvalue weighted by Gasteiger charge is -2.13. The summed E-state index contributed by atoms with van der Waals surface area (Å²) < 4.78 is 10.3. The van der Waals surface area contributed by atoms with Gasteiger partial charge in [0, 0.05) is 11.6 Å². The van der Waals surface area contributed by atoms with Gasteiger partial charge in [-0.05, 0) is 19.9 Å². The topological polar surface area (TPSA) is 74.2 Å². The maximum absolute atomic E-state index is 5.90. The van der Waals surface area contributed by atoms with E-state index < -0.39 is 0 Å². The molecule has 1 atom stereocenters. The molecule has 0 fully saturated rings. The van der Waals surface area contributed by atoms with Crippen LogP contribution in [0.15, 0.2) is 29.1 Å². The van der Waals surface area contributed by atoms with E-state index in [0.29, 0.717) is 5.82 Å². The number of hydrogen-bond donors (Lipinski definition) is 1. The predicted molar refractivity (Wildman–Crippen MR) is 62.4 cm³/mol. The number of nitrogens with zero attached hydrogens (tertiary/aromatic N) is 2. The lowest BCUT2D eigenvalue weighted by molar-refractivity contribution is 0.282. The average molecular weight is 233 g/mol. The van der Waals surface area contributed by atoms with Crippen molar-refractivity contribution in [1.82, 2.24) is 10.1 Å². The summed E-state index contributed by atoms with van der Waals surface area (Å²) in [6.07, 6.45) is 1.28. The van der Waals surface area contributed by atoms with E-state index in [1.165, 1.54) is 6.39 Å². The molecule has 1 aromatic carbocycles. The summed E-state index contributed by atoms with van der Waals surface area (Å²) in [4.78, 5) is 3.89. The molecule has 1 aromatic heterocycles. The van der Waals surface area contributed by atoms with Gasteiger partial charge in [-0.15, -0.1) is 0 Å².